The molecular formula is C16H27ClN2O2S. The molecule has 1 saturated heterocycles. The molecule has 2 N–H and O–H groups in total. The van der Waals surface area contributed by atoms with Gasteiger partial charge in [-0.3, -0.25) is 0 Å². The first-order valence-corrected chi connectivity index (χ1v) is 9.34. The summed E-state index contributed by atoms with van der Waals surface area (Å²) in [6, 6.07) is 7.71. The van der Waals surface area contributed by atoms with Gasteiger partial charge in [0.15, 0.2) is 0 Å². The van der Waals surface area contributed by atoms with Crippen molar-refractivity contribution >= 4 is 22.4 Å². The summed E-state index contributed by atoms with van der Waals surface area (Å²) in [6.07, 6.45) is 4.24. The van der Waals surface area contributed by atoms with Gasteiger partial charge in [0.2, 0.25) is 10.0 Å². The normalized spacial score (nSPS) is 19.6. The second-order valence-corrected chi connectivity index (χ2v) is 7.63. The van der Waals surface area contributed by atoms with Crippen LogP contribution in [-0.4, -0.2) is 27.5 Å². The van der Waals surface area contributed by atoms with Crippen LogP contribution in [0.25, 0.3) is 0 Å². The highest BCUT2D eigenvalue weighted by molar-refractivity contribution is 7.89. The van der Waals surface area contributed by atoms with Crippen LogP contribution in [0, 0.1) is 0 Å². The summed E-state index contributed by atoms with van der Waals surface area (Å²) in [7, 11) is -3.38. The summed E-state index contributed by atoms with van der Waals surface area (Å²) < 4.78 is 27.1. The number of benzene rings is 1. The molecule has 0 radical (unpaired) electrons. The molecular weight excluding hydrogens is 320 g/mol. The van der Waals surface area contributed by atoms with Gasteiger partial charge in [0.1, 0.15) is 0 Å². The van der Waals surface area contributed by atoms with Gasteiger partial charge in [-0.15, -0.1) is 12.4 Å². The highest BCUT2D eigenvalue weighted by atomic mass is 35.5. The molecule has 0 bridgehead atoms. The number of nitrogens with one attached hydrogen (secondary N) is 2. The molecule has 2 rings (SSSR count). The van der Waals surface area contributed by atoms with E-state index in [0.29, 0.717) is 23.4 Å². The lowest BCUT2D eigenvalue weighted by atomic mass is 9.99. The minimum atomic E-state index is -3.38. The molecule has 1 aliphatic heterocycles. The molecule has 0 aromatic heterocycles. The lowest BCUT2D eigenvalue weighted by Gasteiger charge is -2.12. The summed E-state index contributed by atoms with van der Waals surface area (Å²) >= 11 is 0. The zero-order chi connectivity index (χ0) is 15.3. The summed E-state index contributed by atoms with van der Waals surface area (Å²) in [5.41, 5.74) is 1.19. The van der Waals surface area contributed by atoms with Crippen LogP contribution in [0.5, 0.6) is 0 Å². The number of sulfonamides is 1. The van der Waals surface area contributed by atoms with E-state index in [9.17, 15) is 8.42 Å². The van der Waals surface area contributed by atoms with Gasteiger partial charge >= 0.3 is 0 Å². The minimum absolute atomic E-state index is 0. The van der Waals surface area contributed by atoms with Crippen LogP contribution in [0.15, 0.2) is 29.2 Å². The highest BCUT2D eigenvalue weighted by Crippen LogP contribution is 2.20. The summed E-state index contributed by atoms with van der Waals surface area (Å²) in [4.78, 5) is 0.355. The van der Waals surface area contributed by atoms with E-state index in [1.54, 1.807) is 12.1 Å². The highest BCUT2D eigenvalue weighted by Gasteiger charge is 2.17. The molecule has 22 heavy (non-hydrogen) atoms. The minimum Gasteiger partial charge on any atom is -0.314 e. The van der Waals surface area contributed by atoms with Crippen molar-refractivity contribution in [2.45, 2.75) is 56.4 Å². The van der Waals surface area contributed by atoms with E-state index < -0.39 is 10.0 Å². The van der Waals surface area contributed by atoms with Crippen LogP contribution in [0.4, 0.5) is 0 Å². The largest absolute Gasteiger partial charge is 0.314 e. The second-order valence-electron chi connectivity index (χ2n) is 5.86. The molecule has 0 aliphatic carbocycles. The lowest BCUT2D eigenvalue weighted by Crippen LogP contribution is -2.30. The fraction of sp³-hybridized carbons (Fsp3) is 0.625. The van der Waals surface area contributed by atoms with Crippen LogP contribution in [0.3, 0.4) is 0 Å². The Bertz CT molecular complexity index is 540. The van der Waals surface area contributed by atoms with Crippen molar-refractivity contribution in [3.63, 3.8) is 0 Å². The zero-order valence-corrected chi connectivity index (χ0v) is 15.0. The monoisotopic (exact) mass is 346 g/mol. The van der Waals surface area contributed by atoms with Crippen LogP contribution >= 0.6 is 12.4 Å². The summed E-state index contributed by atoms with van der Waals surface area (Å²) in [6.45, 7) is 5.83. The van der Waals surface area contributed by atoms with Crippen molar-refractivity contribution in [2.75, 3.05) is 13.1 Å². The average Bonchev–Trinajstić information content (AvgIpc) is 2.99. The van der Waals surface area contributed by atoms with Crippen LogP contribution in [0.1, 0.15) is 51.0 Å². The van der Waals surface area contributed by atoms with E-state index in [2.05, 4.69) is 23.9 Å². The number of hydrogen-bond acceptors (Lipinski definition) is 3. The quantitative estimate of drug-likeness (QED) is 0.797. The predicted molar refractivity (Wildman–Crippen MR) is 93.2 cm³/mol. The molecule has 1 unspecified atom stereocenters. The van der Waals surface area contributed by atoms with E-state index in [0.717, 1.165) is 25.8 Å². The smallest absolute Gasteiger partial charge is 0.240 e. The number of halogens is 1. The van der Waals surface area contributed by atoms with Gasteiger partial charge in [0.05, 0.1) is 4.90 Å². The molecule has 1 aliphatic rings. The Hall–Kier alpha value is -0.620. The maximum Gasteiger partial charge on any atom is 0.240 e. The van der Waals surface area contributed by atoms with Gasteiger partial charge in [0.25, 0.3) is 0 Å². The van der Waals surface area contributed by atoms with Crippen LogP contribution in [0.2, 0.25) is 0 Å². The molecule has 1 aromatic carbocycles. The molecule has 1 heterocycles. The van der Waals surface area contributed by atoms with E-state index in [-0.39, 0.29) is 12.4 Å². The lowest BCUT2D eigenvalue weighted by molar-refractivity contribution is 0.539. The number of hydrogen-bond donors (Lipinski definition) is 2. The fourth-order valence-corrected chi connectivity index (χ4v) is 3.71. The van der Waals surface area contributed by atoms with Crippen molar-refractivity contribution in [1.82, 2.24) is 10.0 Å². The van der Waals surface area contributed by atoms with Crippen molar-refractivity contribution in [2.24, 2.45) is 0 Å². The Labute approximate surface area is 140 Å². The third-order valence-electron chi connectivity index (χ3n) is 4.32. The van der Waals surface area contributed by atoms with Crippen molar-refractivity contribution < 1.29 is 8.42 Å². The van der Waals surface area contributed by atoms with Gasteiger partial charge in [-0.2, -0.15) is 0 Å². The molecule has 1 aromatic rings. The third kappa shape index (κ3) is 5.23. The Morgan fingerprint density at radius 3 is 2.55 bits per heavy atom. The molecule has 4 nitrogen and oxygen atoms in total. The molecule has 2 atom stereocenters. The Kier molecular flexibility index (Phi) is 7.83. The summed E-state index contributed by atoms with van der Waals surface area (Å²) in [5.74, 6) is 0.461. The van der Waals surface area contributed by atoms with E-state index in [1.165, 1.54) is 12.0 Å². The topological polar surface area (TPSA) is 58.2 Å². The van der Waals surface area contributed by atoms with Gasteiger partial charge in [-0.1, -0.05) is 26.0 Å². The van der Waals surface area contributed by atoms with Crippen molar-refractivity contribution in [3.05, 3.63) is 29.8 Å². The third-order valence-corrected chi connectivity index (χ3v) is 5.80. The SMILES string of the molecule is CCC(C)c1ccc(S(=O)(=O)NCC[C@H]2CCCN2)cc1.Cl. The summed E-state index contributed by atoms with van der Waals surface area (Å²) in [5, 5.41) is 3.37. The Morgan fingerprint density at radius 1 is 1.32 bits per heavy atom. The fourth-order valence-electron chi connectivity index (χ4n) is 2.67. The molecule has 1 fully saturated rings. The van der Waals surface area contributed by atoms with Crippen molar-refractivity contribution in [3.8, 4) is 0 Å². The zero-order valence-electron chi connectivity index (χ0n) is 13.3. The molecule has 126 valence electrons. The predicted octanol–water partition coefficient (Wildman–Crippen LogP) is 3.04. The standard InChI is InChI=1S/C16H26N2O2S.ClH/c1-3-13(2)14-6-8-16(9-7-14)21(19,20)18-12-10-15-5-4-11-17-15;/h6-9,13,15,17-18H,3-5,10-12H2,1-2H3;1H/t13?,15-;/m1./s1. The molecule has 0 spiro atoms. The van der Waals surface area contributed by atoms with E-state index in [4.69, 9.17) is 0 Å². The molecule has 0 saturated carbocycles. The van der Waals surface area contributed by atoms with Gasteiger partial charge < -0.3 is 5.32 Å². The number of rotatable bonds is 7. The first-order chi connectivity index (χ1) is 10.0. The van der Waals surface area contributed by atoms with Gasteiger partial charge in [-0.25, -0.2) is 13.1 Å². The first-order valence-electron chi connectivity index (χ1n) is 7.86. The maximum absolute atomic E-state index is 12.2. The van der Waals surface area contributed by atoms with Gasteiger partial charge in [-0.05, 0) is 55.8 Å². The second kappa shape index (κ2) is 8.87. The van der Waals surface area contributed by atoms with E-state index in [1.807, 2.05) is 12.1 Å². The van der Waals surface area contributed by atoms with E-state index >= 15 is 0 Å². The Morgan fingerprint density at radius 2 is 2.00 bits per heavy atom. The van der Waals surface area contributed by atoms with Crippen molar-refractivity contribution in [1.29, 1.82) is 0 Å². The molecule has 0 amide bonds. The Balaban J connectivity index is 0.00000242. The van der Waals surface area contributed by atoms with Crippen LogP contribution < -0.4 is 10.0 Å². The average molecular weight is 347 g/mol. The van der Waals surface area contributed by atoms with Crippen LogP contribution in [-0.2, 0) is 10.0 Å². The first kappa shape index (κ1) is 19.4. The molecule has 6 heteroatoms. The maximum atomic E-state index is 12.2. The van der Waals surface area contributed by atoms with Gasteiger partial charge in [0, 0.05) is 12.6 Å².